The first kappa shape index (κ1) is 15.1. The normalized spacial score (nSPS) is 23.8. The predicted octanol–water partition coefficient (Wildman–Crippen LogP) is 3.54. The number of Topliss-reactive ketones (excluding diaryl/α,β-unsaturated/α-hetero) is 1. The Morgan fingerprint density at radius 3 is 2.55 bits per heavy atom. The summed E-state index contributed by atoms with van der Waals surface area (Å²) in [5.41, 5.74) is 5.05. The van der Waals surface area contributed by atoms with E-state index < -0.39 is 17.7 Å². The summed E-state index contributed by atoms with van der Waals surface area (Å²) >= 11 is 5.79. The Balaban J connectivity index is 2.39. The number of alkyl halides is 3. The van der Waals surface area contributed by atoms with Gasteiger partial charge < -0.3 is 10.5 Å². The average Bonchev–Trinajstić information content (AvgIpc) is 2.30. The number of hydrogen-bond acceptors (Lipinski definition) is 3. The van der Waals surface area contributed by atoms with Crippen LogP contribution in [0.3, 0.4) is 0 Å². The van der Waals surface area contributed by atoms with Crippen LogP contribution in [0.2, 0.25) is 5.02 Å². The predicted molar refractivity (Wildman–Crippen MR) is 67.5 cm³/mol. The molecule has 7 heteroatoms. The second-order valence-corrected chi connectivity index (χ2v) is 5.26. The number of nitrogens with two attached hydrogens (primary N) is 1. The molecule has 1 atom stereocenters. The van der Waals surface area contributed by atoms with Crippen LogP contribution in [0.5, 0.6) is 5.75 Å². The highest BCUT2D eigenvalue weighted by Gasteiger charge is 2.39. The fourth-order valence-electron chi connectivity index (χ4n) is 2.37. The molecule has 1 fully saturated rings. The van der Waals surface area contributed by atoms with Crippen LogP contribution in [0, 0.1) is 0 Å². The van der Waals surface area contributed by atoms with Gasteiger partial charge in [0.25, 0.3) is 0 Å². The highest BCUT2D eigenvalue weighted by molar-refractivity contribution is 6.30. The Labute approximate surface area is 118 Å². The van der Waals surface area contributed by atoms with E-state index >= 15 is 0 Å². The van der Waals surface area contributed by atoms with Crippen molar-refractivity contribution in [1.82, 2.24) is 0 Å². The lowest BCUT2D eigenvalue weighted by Gasteiger charge is -2.32. The standard InChI is InChI=1S/C13H13ClF3NO2/c14-9-5-8(6-10(7-9)20-13(15,16)17)12(18)4-2-1-3-11(12)19/h5-7H,1-4,18H2. The molecule has 0 aliphatic heterocycles. The molecule has 3 nitrogen and oxygen atoms in total. The zero-order valence-electron chi connectivity index (χ0n) is 10.5. The van der Waals surface area contributed by atoms with Crippen molar-refractivity contribution in [2.24, 2.45) is 5.73 Å². The lowest BCUT2D eigenvalue weighted by molar-refractivity contribution is -0.274. The summed E-state index contributed by atoms with van der Waals surface area (Å²) in [6.07, 6.45) is -2.63. The second-order valence-electron chi connectivity index (χ2n) is 4.83. The fraction of sp³-hybridized carbons (Fsp3) is 0.462. The van der Waals surface area contributed by atoms with Crippen molar-refractivity contribution in [2.45, 2.75) is 37.6 Å². The van der Waals surface area contributed by atoms with Gasteiger partial charge in [-0.2, -0.15) is 0 Å². The average molecular weight is 308 g/mol. The summed E-state index contributed by atoms with van der Waals surface area (Å²) in [6, 6.07) is 3.58. The van der Waals surface area contributed by atoms with Gasteiger partial charge in [0.1, 0.15) is 11.3 Å². The van der Waals surface area contributed by atoms with Crippen molar-refractivity contribution in [1.29, 1.82) is 0 Å². The zero-order chi connectivity index (χ0) is 15.0. The summed E-state index contributed by atoms with van der Waals surface area (Å²) in [5.74, 6) is -0.660. The SMILES string of the molecule is NC1(c2cc(Cl)cc(OC(F)(F)F)c2)CCCCC1=O. The Hall–Kier alpha value is -1.27. The number of rotatable bonds is 2. The minimum absolute atomic E-state index is 0.0462. The van der Waals surface area contributed by atoms with Crippen molar-refractivity contribution in [2.75, 3.05) is 0 Å². The summed E-state index contributed by atoms with van der Waals surface area (Å²) in [7, 11) is 0. The first-order valence-electron chi connectivity index (χ1n) is 6.10. The van der Waals surface area contributed by atoms with Crippen LogP contribution >= 0.6 is 11.6 Å². The third-order valence-corrected chi connectivity index (χ3v) is 3.56. The number of benzene rings is 1. The molecular weight excluding hydrogens is 295 g/mol. The largest absolute Gasteiger partial charge is 0.573 e. The molecule has 2 rings (SSSR count). The molecule has 1 aliphatic carbocycles. The van der Waals surface area contributed by atoms with E-state index in [0.29, 0.717) is 12.8 Å². The molecule has 1 saturated carbocycles. The minimum Gasteiger partial charge on any atom is -0.406 e. The van der Waals surface area contributed by atoms with Crippen molar-refractivity contribution >= 4 is 17.4 Å². The van der Waals surface area contributed by atoms with Gasteiger partial charge >= 0.3 is 6.36 Å². The van der Waals surface area contributed by atoms with E-state index in [2.05, 4.69) is 4.74 Å². The van der Waals surface area contributed by atoms with Gasteiger partial charge in [-0.3, -0.25) is 4.79 Å². The second kappa shape index (κ2) is 5.26. The monoisotopic (exact) mass is 307 g/mol. The van der Waals surface area contributed by atoms with E-state index in [1.54, 1.807) is 0 Å². The summed E-state index contributed by atoms with van der Waals surface area (Å²) in [5, 5.41) is 0.0462. The van der Waals surface area contributed by atoms with Crippen LogP contribution in [0.4, 0.5) is 13.2 Å². The molecule has 0 aromatic heterocycles. The van der Waals surface area contributed by atoms with Crippen molar-refractivity contribution in [3.05, 3.63) is 28.8 Å². The maximum Gasteiger partial charge on any atom is 0.573 e. The zero-order valence-corrected chi connectivity index (χ0v) is 11.2. The lowest BCUT2D eigenvalue weighted by atomic mass is 9.76. The first-order chi connectivity index (χ1) is 9.21. The van der Waals surface area contributed by atoms with Gasteiger partial charge in [0.15, 0.2) is 5.78 Å². The van der Waals surface area contributed by atoms with Crippen LogP contribution in [-0.4, -0.2) is 12.1 Å². The summed E-state index contributed by atoms with van der Waals surface area (Å²) in [6.45, 7) is 0. The van der Waals surface area contributed by atoms with Crippen molar-refractivity contribution in [3.8, 4) is 5.75 Å². The molecule has 0 amide bonds. The number of ether oxygens (including phenoxy) is 1. The molecule has 2 N–H and O–H groups in total. The minimum atomic E-state index is -4.82. The molecule has 1 aromatic carbocycles. The molecule has 0 radical (unpaired) electrons. The van der Waals surface area contributed by atoms with Gasteiger partial charge in [-0.25, -0.2) is 0 Å². The van der Waals surface area contributed by atoms with Crippen LogP contribution < -0.4 is 10.5 Å². The fourth-order valence-corrected chi connectivity index (χ4v) is 2.60. The lowest BCUT2D eigenvalue weighted by Crippen LogP contribution is -2.46. The smallest absolute Gasteiger partial charge is 0.406 e. The van der Waals surface area contributed by atoms with Gasteiger partial charge in [-0.05, 0) is 36.6 Å². The van der Waals surface area contributed by atoms with Crippen LogP contribution in [0.15, 0.2) is 18.2 Å². The molecule has 1 aromatic rings. The van der Waals surface area contributed by atoms with E-state index in [4.69, 9.17) is 17.3 Å². The van der Waals surface area contributed by atoms with Crippen molar-refractivity contribution in [3.63, 3.8) is 0 Å². The first-order valence-corrected chi connectivity index (χ1v) is 6.47. The van der Waals surface area contributed by atoms with Gasteiger partial charge in [-0.1, -0.05) is 18.0 Å². The summed E-state index contributed by atoms with van der Waals surface area (Å²) < 4.78 is 40.6. The van der Waals surface area contributed by atoms with Gasteiger partial charge in [0.2, 0.25) is 0 Å². The molecule has 110 valence electrons. The van der Waals surface area contributed by atoms with Crippen LogP contribution in [-0.2, 0) is 10.3 Å². The highest BCUT2D eigenvalue weighted by atomic mass is 35.5. The Morgan fingerprint density at radius 1 is 1.25 bits per heavy atom. The van der Waals surface area contributed by atoms with E-state index in [9.17, 15) is 18.0 Å². The van der Waals surface area contributed by atoms with Crippen LogP contribution in [0.25, 0.3) is 0 Å². The molecular formula is C13H13ClF3NO2. The van der Waals surface area contributed by atoms with Gasteiger partial charge in [-0.15, -0.1) is 13.2 Å². The number of ketones is 1. The molecule has 20 heavy (non-hydrogen) atoms. The van der Waals surface area contributed by atoms with Crippen LogP contribution in [0.1, 0.15) is 31.2 Å². The Kier molecular flexibility index (Phi) is 3.97. The number of carbonyl (C=O) groups excluding carboxylic acids is 1. The Bertz CT molecular complexity index is 533. The molecule has 0 bridgehead atoms. The van der Waals surface area contributed by atoms with Gasteiger partial charge in [0.05, 0.1) is 0 Å². The topological polar surface area (TPSA) is 52.3 Å². The van der Waals surface area contributed by atoms with E-state index in [1.807, 2.05) is 0 Å². The van der Waals surface area contributed by atoms with E-state index in [0.717, 1.165) is 25.0 Å². The Morgan fingerprint density at radius 2 is 1.95 bits per heavy atom. The highest BCUT2D eigenvalue weighted by Crippen LogP contribution is 2.36. The molecule has 0 spiro atoms. The molecule has 0 saturated heterocycles. The number of halogens is 4. The third-order valence-electron chi connectivity index (χ3n) is 3.34. The maximum atomic E-state index is 12.3. The van der Waals surface area contributed by atoms with E-state index in [-0.39, 0.29) is 16.4 Å². The van der Waals surface area contributed by atoms with Crippen molar-refractivity contribution < 1.29 is 22.7 Å². The molecule has 1 aliphatic rings. The van der Waals surface area contributed by atoms with E-state index in [1.165, 1.54) is 6.07 Å². The maximum absolute atomic E-state index is 12.3. The third kappa shape index (κ3) is 3.24. The van der Waals surface area contributed by atoms with Gasteiger partial charge in [0, 0.05) is 11.4 Å². The quantitative estimate of drug-likeness (QED) is 0.909. The molecule has 1 unspecified atom stereocenters. The number of hydrogen-bond donors (Lipinski definition) is 1. The molecule has 0 heterocycles. The number of carbonyl (C=O) groups is 1. The summed E-state index contributed by atoms with van der Waals surface area (Å²) in [4.78, 5) is 12.0.